The van der Waals surface area contributed by atoms with Crippen LogP contribution in [-0.4, -0.2) is 50.1 Å². The van der Waals surface area contributed by atoms with Gasteiger partial charge in [0.2, 0.25) is 0 Å². The van der Waals surface area contributed by atoms with Crippen LogP contribution in [0.3, 0.4) is 0 Å². The molecule has 0 aromatic rings. The summed E-state index contributed by atoms with van der Waals surface area (Å²) in [4.78, 5) is 2.04. The molecular formula is C11H21F3N2O. The molecule has 17 heavy (non-hydrogen) atoms. The molecular weight excluding hydrogens is 233 g/mol. The molecule has 0 radical (unpaired) electrons. The van der Waals surface area contributed by atoms with Crippen molar-refractivity contribution in [3.05, 3.63) is 0 Å². The van der Waals surface area contributed by atoms with Gasteiger partial charge in [0.25, 0.3) is 0 Å². The number of halogens is 3. The Bertz CT molecular complexity index is 221. The Labute approximate surface area is 100 Å². The monoisotopic (exact) mass is 254 g/mol. The number of nitrogens with one attached hydrogen (secondary N) is 1. The van der Waals surface area contributed by atoms with E-state index in [4.69, 9.17) is 0 Å². The van der Waals surface area contributed by atoms with Crippen LogP contribution in [0, 0.1) is 5.92 Å². The van der Waals surface area contributed by atoms with Crippen LogP contribution in [0.4, 0.5) is 13.2 Å². The van der Waals surface area contributed by atoms with Gasteiger partial charge in [-0.05, 0) is 25.4 Å². The van der Waals surface area contributed by atoms with Gasteiger partial charge in [0, 0.05) is 19.1 Å². The molecule has 0 bridgehead atoms. The van der Waals surface area contributed by atoms with E-state index in [1.165, 1.54) is 0 Å². The van der Waals surface area contributed by atoms with Crippen molar-refractivity contribution in [3.63, 3.8) is 0 Å². The number of ether oxygens (including phenoxy) is 1. The Morgan fingerprint density at radius 3 is 2.71 bits per heavy atom. The van der Waals surface area contributed by atoms with E-state index >= 15 is 0 Å². The Kier molecular flexibility index (Phi) is 5.69. The van der Waals surface area contributed by atoms with Gasteiger partial charge in [-0.2, -0.15) is 0 Å². The summed E-state index contributed by atoms with van der Waals surface area (Å²) in [7, 11) is 0. The number of hydrogen-bond donors (Lipinski definition) is 1. The molecule has 0 amide bonds. The van der Waals surface area contributed by atoms with Gasteiger partial charge in [-0.1, -0.05) is 13.8 Å². The number of nitrogens with zero attached hydrogens (tertiary/aromatic N) is 1. The first-order valence-corrected chi connectivity index (χ1v) is 6.05. The molecule has 1 aliphatic rings. The van der Waals surface area contributed by atoms with Gasteiger partial charge in [-0.3, -0.25) is 9.64 Å². The van der Waals surface area contributed by atoms with Crippen molar-refractivity contribution >= 4 is 0 Å². The Morgan fingerprint density at radius 1 is 1.41 bits per heavy atom. The smallest absolute Gasteiger partial charge is 0.312 e. The second-order valence-corrected chi connectivity index (χ2v) is 4.75. The van der Waals surface area contributed by atoms with Gasteiger partial charge in [-0.25, -0.2) is 0 Å². The van der Waals surface area contributed by atoms with E-state index in [-0.39, 0.29) is 6.61 Å². The maximum Gasteiger partial charge on any atom is 0.522 e. The molecule has 3 nitrogen and oxygen atoms in total. The second-order valence-electron chi connectivity index (χ2n) is 4.75. The third-order valence-corrected chi connectivity index (χ3v) is 2.99. The molecule has 1 unspecified atom stereocenters. The third-order valence-electron chi connectivity index (χ3n) is 2.99. The van der Waals surface area contributed by atoms with Crippen LogP contribution in [0.2, 0.25) is 0 Å². The van der Waals surface area contributed by atoms with Gasteiger partial charge in [0.15, 0.2) is 0 Å². The molecule has 1 heterocycles. The number of rotatable bonds is 4. The van der Waals surface area contributed by atoms with Crippen molar-refractivity contribution in [1.82, 2.24) is 10.2 Å². The lowest BCUT2D eigenvalue weighted by atomic mass is 10.0. The summed E-state index contributed by atoms with van der Waals surface area (Å²) in [6.45, 7) is 6.84. The van der Waals surface area contributed by atoms with E-state index in [0.717, 1.165) is 26.1 Å². The maximum absolute atomic E-state index is 11.8. The minimum atomic E-state index is -4.51. The van der Waals surface area contributed by atoms with Crippen LogP contribution in [0.25, 0.3) is 0 Å². The average Bonchev–Trinajstić information content (AvgIpc) is 2.41. The van der Waals surface area contributed by atoms with E-state index in [1.54, 1.807) is 0 Å². The first-order valence-electron chi connectivity index (χ1n) is 6.05. The van der Waals surface area contributed by atoms with E-state index in [2.05, 4.69) is 23.9 Å². The van der Waals surface area contributed by atoms with E-state index in [9.17, 15) is 13.2 Å². The highest BCUT2D eigenvalue weighted by Gasteiger charge is 2.29. The summed E-state index contributed by atoms with van der Waals surface area (Å²) in [6, 6.07) is 0.350. The standard InChI is InChI=1S/C11H21F3N2O/c1-9(2)10-8-16(5-3-4-15-10)6-7-17-11(12,13)14/h9-10,15H,3-8H2,1-2H3. The zero-order valence-corrected chi connectivity index (χ0v) is 10.4. The van der Waals surface area contributed by atoms with Crippen LogP contribution in [0.5, 0.6) is 0 Å². The summed E-state index contributed by atoms with van der Waals surface area (Å²) >= 11 is 0. The molecule has 0 aromatic carbocycles. The number of alkyl halides is 3. The first kappa shape index (κ1) is 14.7. The summed E-state index contributed by atoms with van der Waals surface area (Å²) in [5.41, 5.74) is 0. The zero-order valence-electron chi connectivity index (χ0n) is 10.4. The molecule has 0 aromatic heterocycles. The van der Waals surface area contributed by atoms with Crippen LogP contribution >= 0.6 is 0 Å². The summed E-state index contributed by atoms with van der Waals surface area (Å²) in [5, 5.41) is 3.41. The van der Waals surface area contributed by atoms with Crippen molar-refractivity contribution in [1.29, 1.82) is 0 Å². The van der Waals surface area contributed by atoms with Gasteiger partial charge in [0.1, 0.15) is 0 Å². The highest BCUT2D eigenvalue weighted by molar-refractivity contribution is 4.78. The topological polar surface area (TPSA) is 24.5 Å². The lowest BCUT2D eigenvalue weighted by Crippen LogP contribution is -2.42. The van der Waals surface area contributed by atoms with Crippen molar-refractivity contribution in [2.24, 2.45) is 5.92 Å². The molecule has 1 N–H and O–H groups in total. The van der Waals surface area contributed by atoms with Crippen molar-refractivity contribution < 1.29 is 17.9 Å². The molecule has 0 spiro atoms. The van der Waals surface area contributed by atoms with Crippen LogP contribution in [-0.2, 0) is 4.74 Å². The minimum Gasteiger partial charge on any atom is -0.312 e. The predicted molar refractivity (Wildman–Crippen MR) is 59.7 cm³/mol. The van der Waals surface area contributed by atoms with Crippen molar-refractivity contribution in [2.75, 3.05) is 32.8 Å². The third kappa shape index (κ3) is 6.24. The molecule has 0 saturated carbocycles. The lowest BCUT2D eigenvalue weighted by molar-refractivity contribution is -0.325. The van der Waals surface area contributed by atoms with Crippen LogP contribution < -0.4 is 5.32 Å². The molecule has 1 rings (SSSR count). The van der Waals surface area contributed by atoms with E-state index in [1.807, 2.05) is 4.90 Å². The Hall–Kier alpha value is -0.330. The quantitative estimate of drug-likeness (QED) is 0.828. The van der Waals surface area contributed by atoms with Crippen molar-refractivity contribution in [3.8, 4) is 0 Å². The molecule has 0 aliphatic carbocycles. The van der Waals surface area contributed by atoms with Crippen molar-refractivity contribution in [2.45, 2.75) is 32.7 Å². The SMILES string of the molecule is CC(C)C1CN(CCOC(F)(F)F)CCCN1. The normalized spacial score (nSPS) is 24.0. The summed E-state index contributed by atoms with van der Waals surface area (Å²) in [6.07, 6.45) is -3.54. The lowest BCUT2D eigenvalue weighted by Gasteiger charge is -2.26. The Balaban J connectivity index is 2.31. The maximum atomic E-state index is 11.8. The van der Waals surface area contributed by atoms with Crippen LogP contribution in [0.15, 0.2) is 0 Å². The zero-order chi connectivity index (χ0) is 12.9. The van der Waals surface area contributed by atoms with Gasteiger partial charge in [-0.15, -0.1) is 13.2 Å². The number of hydrogen-bond acceptors (Lipinski definition) is 3. The fourth-order valence-electron chi connectivity index (χ4n) is 1.96. The molecule has 1 atom stereocenters. The highest BCUT2D eigenvalue weighted by atomic mass is 19.4. The average molecular weight is 254 g/mol. The summed E-state index contributed by atoms with van der Waals surface area (Å²) in [5.74, 6) is 0.485. The Morgan fingerprint density at radius 2 is 2.12 bits per heavy atom. The molecule has 102 valence electrons. The molecule has 6 heteroatoms. The van der Waals surface area contributed by atoms with Gasteiger partial charge >= 0.3 is 6.36 Å². The van der Waals surface area contributed by atoms with Crippen LogP contribution in [0.1, 0.15) is 20.3 Å². The predicted octanol–water partition coefficient (Wildman–Crippen LogP) is 1.84. The fourth-order valence-corrected chi connectivity index (χ4v) is 1.96. The highest BCUT2D eigenvalue weighted by Crippen LogP contribution is 2.16. The van der Waals surface area contributed by atoms with E-state index in [0.29, 0.717) is 18.5 Å². The molecule has 1 aliphatic heterocycles. The first-order chi connectivity index (χ1) is 7.88. The van der Waals surface area contributed by atoms with Gasteiger partial charge < -0.3 is 5.32 Å². The van der Waals surface area contributed by atoms with E-state index < -0.39 is 6.36 Å². The largest absolute Gasteiger partial charge is 0.522 e. The minimum absolute atomic E-state index is 0.283. The van der Waals surface area contributed by atoms with Gasteiger partial charge in [0.05, 0.1) is 6.61 Å². The molecule has 1 fully saturated rings. The second kappa shape index (κ2) is 6.56. The fraction of sp³-hybridized carbons (Fsp3) is 1.00. The molecule has 1 saturated heterocycles. The summed E-state index contributed by atoms with van der Waals surface area (Å²) < 4.78 is 39.3.